The van der Waals surface area contributed by atoms with Crippen molar-refractivity contribution in [3.8, 4) is 16.8 Å². The van der Waals surface area contributed by atoms with Crippen molar-refractivity contribution in [2.75, 3.05) is 0 Å². The largest absolute Gasteiger partial charge is 0.309 e. The van der Waals surface area contributed by atoms with E-state index in [4.69, 9.17) is 4.99 Å². The first kappa shape index (κ1) is 31.9. The fourth-order valence-corrected chi connectivity index (χ4v) is 8.54. The molecule has 0 saturated heterocycles. The van der Waals surface area contributed by atoms with Gasteiger partial charge in [0.2, 0.25) is 5.96 Å². The molecule has 3 heterocycles. The number of aromatic nitrogens is 2. The molecule has 0 radical (unpaired) electrons. The van der Waals surface area contributed by atoms with Crippen LogP contribution in [-0.2, 0) is 0 Å². The third-order valence-corrected chi connectivity index (χ3v) is 11.0. The maximum absolute atomic E-state index is 9.64. The lowest BCUT2D eigenvalue weighted by atomic mass is 9.94. The summed E-state index contributed by atoms with van der Waals surface area (Å²) in [6.07, 6.45) is 7.76. The number of para-hydroxylation sites is 3. The number of aliphatic imine (C=N–C) groups is 2. The minimum absolute atomic E-state index is 0.102. The Morgan fingerprint density at radius 2 is 1.25 bits per heavy atom. The molecular formula is C51H33N5. The Bertz CT molecular complexity index is 3370. The summed E-state index contributed by atoms with van der Waals surface area (Å²) in [5.41, 5.74) is 9.44. The van der Waals surface area contributed by atoms with Crippen molar-refractivity contribution in [3.05, 3.63) is 193 Å². The van der Waals surface area contributed by atoms with E-state index >= 15 is 0 Å². The second-order valence-corrected chi connectivity index (χ2v) is 14.2. The van der Waals surface area contributed by atoms with Crippen LogP contribution < -0.4 is 0 Å². The van der Waals surface area contributed by atoms with Gasteiger partial charge in [-0.05, 0) is 105 Å². The number of hydrogen-bond acceptors (Lipinski definition) is 1. The van der Waals surface area contributed by atoms with Crippen LogP contribution in [0.2, 0.25) is 0 Å². The van der Waals surface area contributed by atoms with E-state index in [1.165, 1.54) is 27.1 Å². The number of nitrogens with zero attached hydrogens (tertiary/aromatic N) is 4. The van der Waals surface area contributed by atoms with Gasteiger partial charge in [0.25, 0.3) is 0 Å². The van der Waals surface area contributed by atoms with Crippen molar-refractivity contribution in [2.45, 2.75) is 0 Å². The van der Waals surface area contributed by atoms with Gasteiger partial charge < -0.3 is 4.57 Å². The van der Waals surface area contributed by atoms with Gasteiger partial charge in [-0.3, -0.25) is 9.98 Å². The van der Waals surface area contributed by atoms with Crippen LogP contribution in [0.1, 0.15) is 5.56 Å². The average molecular weight is 716 g/mol. The molecule has 1 aliphatic rings. The highest BCUT2D eigenvalue weighted by molar-refractivity contribution is 6.27. The number of rotatable bonds is 3. The number of benzene rings is 8. The van der Waals surface area contributed by atoms with Crippen molar-refractivity contribution in [2.24, 2.45) is 9.98 Å². The van der Waals surface area contributed by atoms with Crippen molar-refractivity contribution >= 4 is 89.2 Å². The zero-order valence-electron chi connectivity index (χ0n) is 30.3. The minimum Gasteiger partial charge on any atom is -0.309 e. The lowest BCUT2D eigenvalue weighted by Crippen LogP contribution is -2.12. The fraction of sp³-hybridized carbons (Fsp3) is 0. The maximum Gasteiger partial charge on any atom is 0.229 e. The van der Waals surface area contributed by atoms with Gasteiger partial charge in [0, 0.05) is 39.0 Å². The number of allylic oxidation sites excluding steroid dienone is 1. The van der Waals surface area contributed by atoms with Crippen LogP contribution in [0.25, 0.3) is 88.0 Å². The van der Waals surface area contributed by atoms with Gasteiger partial charge in [-0.1, -0.05) is 121 Å². The van der Waals surface area contributed by atoms with Gasteiger partial charge >= 0.3 is 0 Å². The number of fused-ring (bicyclic) bond motifs is 9. The quantitative estimate of drug-likeness (QED) is 0.140. The molecule has 0 amide bonds. The van der Waals surface area contributed by atoms with E-state index < -0.39 is 0 Å². The Morgan fingerprint density at radius 1 is 0.554 bits per heavy atom. The summed E-state index contributed by atoms with van der Waals surface area (Å²) in [6.45, 7) is 0. The molecule has 11 rings (SSSR count). The van der Waals surface area contributed by atoms with Gasteiger partial charge in [0.05, 0.1) is 22.1 Å². The molecule has 262 valence electrons. The summed E-state index contributed by atoms with van der Waals surface area (Å²) in [6, 6.07) is 60.0. The zero-order valence-corrected chi connectivity index (χ0v) is 30.3. The Kier molecular flexibility index (Phi) is 7.25. The van der Waals surface area contributed by atoms with E-state index in [0.29, 0.717) is 5.84 Å². The van der Waals surface area contributed by atoms with E-state index in [1.54, 1.807) is 6.21 Å². The number of hydrogen-bond donors (Lipinski definition) is 1. The molecule has 0 fully saturated rings. The molecule has 8 aromatic carbocycles. The van der Waals surface area contributed by atoms with Crippen molar-refractivity contribution in [1.29, 1.82) is 5.41 Å². The average Bonchev–Trinajstić information content (AvgIpc) is 3.77. The Hall–Kier alpha value is -7.63. The SMILES string of the molecule is N=C(N=C1N=CC=C/C1=C\c1ccc2ccccc2c1)n1c2ccccc2c2c3ccccc3c(-c3ccc4c(c3)c3ccccc3n4-c3ccccc3)cc21. The van der Waals surface area contributed by atoms with Gasteiger partial charge in [-0.25, -0.2) is 4.99 Å². The van der Waals surface area contributed by atoms with Gasteiger partial charge in [0.15, 0.2) is 5.84 Å². The predicted octanol–water partition coefficient (Wildman–Crippen LogP) is 12.8. The Labute approximate surface area is 322 Å². The maximum atomic E-state index is 9.64. The molecular weight excluding hydrogens is 683 g/mol. The normalized spacial score (nSPS) is 14.4. The van der Waals surface area contributed by atoms with Crippen molar-refractivity contribution in [1.82, 2.24) is 9.13 Å². The minimum atomic E-state index is 0.102. The number of nitrogens with one attached hydrogen (secondary N) is 1. The summed E-state index contributed by atoms with van der Waals surface area (Å²) in [7, 11) is 0. The molecule has 0 atom stereocenters. The first-order valence-electron chi connectivity index (χ1n) is 18.8. The highest BCUT2D eigenvalue weighted by Gasteiger charge is 2.21. The van der Waals surface area contributed by atoms with Gasteiger partial charge in [0.1, 0.15) is 0 Å². The van der Waals surface area contributed by atoms with E-state index in [1.807, 2.05) is 22.8 Å². The molecule has 5 nitrogen and oxygen atoms in total. The Balaban J connectivity index is 1.11. The fourth-order valence-electron chi connectivity index (χ4n) is 8.54. The standard InChI is InChI=1S/C51H33N5/c52-51(54-50-37(15-12-28-53-50)30-33-24-25-34-13-4-5-14-35(34)29-33)56-46-23-11-9-21-42(46)49-41-20-7-6-18-39(41)43(32-48(49)56)36-26-27-47-44(31-36)40-19-8-10-22-45(40)55(47)38-16-2-1-3-17-38/h1-32,52H/b37-30+,52-51?,54-50?. The second-order valence-electron chi connectivity index (χ2n) is 14.2. The molecule has 0 saturated carbocycles. The number of dihydropyridines is 1. The van der Waals surface area contributed by atoms with E-state index in [2.05, 4.69) is 179 Å². The summed E-state index contributed by atoms with van der Waals surface area (Å²) in [4.78, 5) is 9.64. The summed E-state index contributed by atoms with van der Waals surface area (Å²) >= 11 is 0. The van der Waals surface area contributed by atoms with Crippen molar-refractivity contribution in [3.63, 3.8) is 0 Å². The lowest BCUT2D eigenvalue weighted by Gasteiger charge is -2.13. The molecule has 56 heavy (non-hydrogen) atoms. The zero-order chi connectivity index (χ0) is 37.2. The first-order valence-corrected chi connectivity index (χ1v) is 18.8. The molecule has 1 aliphatic heterocycles. The molecule has 2 aromatic heterocycles. The molecule has 0 unspecified atom stereocenters. The highest BCUT2D eigenvalue weighted by atomic mass is 15.2. The Morgan fingerprint density at radius 3 is 2.11 bits per heavy atom. The third kappa shape index (κ3) is 5.06. The van der Waals surface area contributed by atoms with Gasteiger partial charge in [-0.15, -0.1) is 0 Å². The van der Waals surface area contributed by atoms with Crippen LogP contribution in [0, 0.1) is 5.41 Å². The molecule has 1 N–H and O–H groups in total. The van der Waals surface area contributed by atoms with Crippen LogP contribution in [0.3, 0.4) is 0 Å². The molecule has 5 heteroatoms. The monoisotopic (exact) mass is 715 g/mol. The summed E-state index contributed by atoms with van der Waals surface area (Å²) in [5.74, 6) is 0.600. The molecule has 0 aliphatic carbocycles. The lowest BCUT2D eigenvalue weighted by molar-refractivity contribution is 1.18. The van der Waals surface area contributed by atoms with Crippen LogP contribution in [0.5, 0.6) is 0 Å². The van der Waals surface area contributed by atoms with Crippen LogP contribution in [0.15, 0.2) is 198 Å². The van der Waals surface area contributed by atoms with E-state index in [0.717, 1.165) is 66.0 Å². The van der Waals surface area contributed by atoms with Crippen LogP contribution >= 0.6 is 0 Å². The molecule has 10 aromatic rings. The second kappa shape index (κ2) is 12.8. The van der Waals surface area contributed by atoms with Crippen molar-refractivity contribution < 1.29 is 0 Å². The molecule has 0 bridgehead atoms. The third-order valence-electron chi connectivity index (χ3n) is 11.0. The smallest absolute Gasteiger partial charge is 0.229 e. The summed E-state index contributed by atoms with van der Waals surface area (Å²) < 4.78 is 4.33. The summed E-state index contributed by atoms with van der Waals surface area (Å²) in [5, 5.41) is 18.9. The predicted molar refractivity (Wildman–Crippen MR) is 237 cm³/mol. The van der Waals surface area contributed by atoms with Crippen LogP contribution in [-0.4, -0.2) is 27.1 Å². The topological polar surface area (TPSA) is 58.4 Å². The van der Waals surface area contributed by atoms with Crippen LogP contribution in [0.4, 0.5) is 0 Å². The van der Waals surface area contributed by atoms with E-state index in [-0.39, 0.29) is 5.96 Å². The first-order chi connectivity index (χ1) is 27.7. The van der Waals surface area contributed by atoms with E-state index in [9.17, 15) is 5.41 Å². The molecule has 0 spiro atoms. The highest BCUT2D eigenvalue weighted by Crippen LogP contribution is 2.42. The number of amidine groups is 1. The van der Waals surface area contributed by atoms with Gasteiger partial charge in [-0.2, -0.15) is 4.99 Å².